The monoisotopic (exact) mass is 465 g/mol. The molecule has 1 aliphatic carbocycles. The molecule has 5 heterocycles. The van der Waals surface area contributed by atoms with Crippen LogP contribution in [0.3, 0.4) is 0 Å². The van der Waals surface area contributed by atoms with Crippen molar-refractivity contribution in [3.63, 3.8) is 0 Å². The number of rotatable bonds is 4. The van der Waals surface area contributed by atoms with Crippen LogP contribution in [0, 0.1) is 18.7 Å². The van der Waals surface area contributed by atoms with Crippen LogP contribution in [-0.2, 0) is 4.74 Å². The highest BCUT2D eigenvalue weighted by Gasteiger charge is 2.48. The van der Waals surface area contributed by atoms with Crippen LogP contribution < -0.4 is 9.64 Å². The van der Waals surface area contributed by atoms with Crippen LogP contribution in [0.15, 0.2) is 18.1 Å². The van der Waals surface area contributed by atoms with E-state index in [9.17, 15) is 4.39 Å². The summed E-state index contributed by atoms with van der Waals surface area (Å²) in [7, 11) is 0. The van der Waals surface area contributed by atoms with Crippen molar-refractivity contribution >= 4 is 16.7 Å². The molecule has 0 N–H and O–H groups in total. The van der Waals surface area contributed by atoms with E-state index in [4.69, 9.17) is 14.5 Å². The average Bonchev–Trinajstić information content (AvgIpc) is 3.37. The standard InChI is InChI=1S/C23H27F2N5O2.FH.H2/c1-14-19(25)20-17(10-26-14)21(30-5-6-31-12-16-7-18(16)30)28-22(27-20)32-13-23-3-2-4-29(23)11-15(8-23)9-24;;/h9-10,16,18H,2-8,11-13H2,1H3;2*1H/b15-9+;;/t16-,18-,23+;;/m1../s1. The number of halogens is 3. The van der Waals surface area contributed by atoms with Gasteiger partial charge in [-0.15, -0.1) is 0 Å². The molecule has 180 valence electrons. The van der Waals surface area contributed by atoms with E-state index in [0.29, 0.717) is 61.6 Å². The van der Waals surface area contributed by atoms with Gasteiger partial charge in [0.1, 0.15) is 17.9 Å². The van der Waals surface area contributed by atoms with Crippen LogP contribution in [0.4, 0.5) is 19.3 Å². The number of aryl methyl sites for hydroxylation is 1. The summed E-state index contributed by atoms with van der Waals surface area (Å²) in [6, 6.07) is 0.502. The van der Waals surface area contributed by atoms with Gasteiger partial charge in [-0.3, -0.25) is 14.6 Å². The lowest BCUT2D eigenvalue weighted by atomic mass is 9.94. The quantitative estimate of drug-likeness (QED) is 0.684. The van der Waals surface area contributed by atoms with Gasteiger partial charge in [-0.25, -0.2) is 8.78 Å². The summed E-state index contributed by atoms with van der Waals surface area (Å²) in [5.41, 5.74) is 1.09. The van der Waals surface area contributed by atoms with Crippen LogP contribution in [0.1, 0.15) is 32.8 Å². The molecule has 4 fully saturated rings. The number of anilines is 1. The van der Waals surface area contributed by atoms with E-state index in [1.54, 1.807) is 13.1 Å². The van der Waals surface area contributed by atoms with Crippen LogP contribution >= 0.6 is 0 Å². The highest BCUT2D eigenvalue weighted by Crippen LogP contribution is 2.43. The normalized spacial score (nSPS) is 30.2. The fourth-order valence-electron chi connectivity index (χ4n) is 5.67. The lowest BCUT2D eigenvalue weighted by Crippen LogP contribution is -2.43. The van der Waals surface area contributed by atoms with Gasteiger partial charge in [0.2, 0.25) is 0 Å². The SMILES string of the molecule is Cc1ncc2c(N3CCOC[C@H]4C[C@H]43)nc(OC[C@@]34CCCN3C/C(=C/F)C4)nc2c1F.F.[HH]. The molecule has 0 unspecified atom stereocenters. The summed E-state index contributed by atoms with van der Waals surface area (Å²) in [6.07, 6.45) is 6.07. The first-order valence-electron chi connectivity index (χ1n) is 11.4. The molecule has 1 saturated carbocycles. The molecule has 2 aromatic rings. The van der Waals surface area contributed by atoms with Gasteiger partial charge < -0.3 is 14.4 Å². The summed E-state index contributed by atoms with van der Waals surface area (Å²) < 4.78 is 40.1. The van der Waals surface area contributed by atoms with Crippen molar-refractivity contribution in [1.82, 2.24) is 19.9 Å². The number of pyridine rings is 1. The minimum atomic E-state index is -0.446. The Balaban J connectivity index is 0.00000137. The molecule has 3 saturated heterocycles. The first-order chi connectivity index (χ1) is 15.6. The molecule has 0 amide bonds. The van der Waals surface area contributed by atoms with Gasteiger partial charge in [0.15, 0.2) is 5.82 Å². The van der Waals surface area contributed by atoms with E-state index in [1.165, 1.54) is 0 Å². The Hall–Kier alpha value is -2.46. The van der Waals surface area contributed by atoms with Crippen molar-refractivity contribution in [3.05, 3.63) is 29.6 Å². The molecule has 3 atom stereocenters. The minimum Gasteiger partial charge on any atom is -0.461 e. The van der Waals surface area contributed by atoms with Crippen molar-refractivity contribution in [2.24, 2.45) is 5.92 Å². The van der Waals surface area contributed by atoms with Crippen molar-refractivity contribution in [2.45, 2.75) is 44.2 Å². The summed E-state index contributed by atoms with van der Waals surface area (Å²) in [5.74, 6) is 0.690. The van der Waals surface area contributed by atoms with E-state index in [0.717, 1.165) is 44.3 Å². The molecule has 0 aromatic carbocycles. The van der Waals surface area contributed by atoms with Crippen molar-refractivity contribution in [2.75, 3.05) is 44.4 Å². The minimum absolute atomic E-state index is 0. The summed E-state index contributed by atoms with van der Waals surface area (Å²) in [4.78, 5) is 17.9. The second-order valence-corrected chi connectivity index (χ2v) is 9.56. The Bertz CT molecular complexity index is 1110. The van der Waals surface area contributed by atoms with E-state index in [2.05, 4.69) is 19.8 Å². The number of fused-ring (bicyclic) bond motifs is 3. The topological polar surface area (TPSA) is 63.6 Å². The predicted molar refractivity (Wildman–Crippen MR) is 120 cm³/mol. The van der Waals surface area contributed by atoms with Gasteiger partial charge >= 0.3 is 6.01 Å². The van der Waals surface area contributed by atoms with E-state index in [1.807, 2.05) is 0 Å². The van der Waals surface area contributed by atoms with E-state index in [-0.39, 0.29) is 23.2 Å². The Morgan fingerprint density at radius 1 is 1.36 bits per heavy atom. The highest BCUT2D eigenvalue weighted by atomic mass is 19.1. The van der Waals surface area contributed by atoms with Crippen LogP contribution in [-0.4, -0.2) is 70.9 Å². The molecule has 0 bridgehead atoms. The number of hydrogen-bond donors (Lipinski definition) is 0. The number of hydrogen-bond acceptors (Lipinski definition) is 7. The number of nitrogens with zero attached hydrogens (tertiary/aromatic N) is 5. The second kappa shape index (κ2) is 8.39. The Morgan fingerprint density at radius 3 is 3.09 bits per heavy atom. The first kappa shape index (κ1) is 22.3. The van der Waals surface area contributed by atoms with Gasteiger partial charge in [0.25, 0.3) is 0 Å². The molecular formula is C23H30F3N5O2. The fourth-order valence-corrected chi connectivity index (χ4v) is 5.67. The molecule has 33 heavy (non-hydrogen) atoms. The third-order valence-electron chi connectivity index (χ3n) is 7.50. The predicted octanol–water partition coefficient (Wildman–Crippen LogP) is 3.57. The van der Waals surface area contributed by atoms with Crippen molar-refractivity contribution < 1.29 is 24.4 Å². The molecule has 3 aliphatic heterocycles. The van der Waals surface area contributed by atoms with Gasteiger partial charge in [0, 0.05) is 32.7 Å². The summed E-state index contributed by atoms with van der Waals surface area (Å²) in [5, 5.41) is 0.595. The average molecular weight is 466 g/mol. The van der Waals surface area contributed by atoms with Crippen LogP contribution in [0.5, 0.6) is 6.01 Å². The number of ether oxygens (including phenoxy) is 2. The van der Waals surface area contributed by atoms with Gasteiger partial charge in [0.05, 0.1) is 36.2 Å². The van der Waals surface area contributed by atoms with Crippen LogP contribution in [0.25, 0.3) is 10.9 Å². The molecule has 0 radical (unpaired) electrons. The zero-order chi connectivity index (χ0) is 21.9. The van der Waals surface area contributed by atoms with Crippen molar-refractivity contribution in [1.29, 1.82) is 0 Å². The van der Waals surface area contributed by atoms with Gasteiger partial charge in [-0.05, 0) is 44.7 Å². The molecule has 7 nitrogen and oxygen atoms in total. The maximum atomic E-state index is 15.1. The first-order valence-corrected chi connectivity index (χ1v) is 11.4. The molecule has 10 heteroatoms. The molecular weight excluding hydrogens is 435 g/mol. The van der Waals surface area contributed by atoms with Gasteiger partial charge in [-0.2, -0.15) is 9.97 Å². The summed E-state index contributed by atoms with van der Waals surface area (Å²) >= 11 is 0. The molecule has 4 aliphatic rings. The van der Waals surface area contributed by atoms with E-state index < -0.39 is 5.82 Å². The molecule has 2 aromatic heterocycles. The largest absolute Gasteiger partial charge is 0.461 e. The summed E-state index contributed by atoms with van der Waals surface area (Å²) in [6.45, 7) is 5.60. The molecule has 0 spiro atoms. The lowest BCUT2D eigenvalue weighted by Gasteiger charge is -2.31. The third kappa shape index (κ3) is 3.73. The smallest absolute Gasteiger partial charge is 0.319 e. The van der Waals surface area contributed by atoms with E-state index >= 15 is 4.39 Å². The Kier molecular flexibility index (Phi) is 5.68. The zero-order valence-electron chi connectivity index (χ0n) is 18.6. The number of aromatic nitrogens is 3. The second-order valence-electron chi connectivity index (χ2n) is 9.56. The van der Waals surface area contributed by atoms with Crippen molar-refractivity contribution in [3.8, 4) is 6.01 Å². The lowest BCUT2D eigenvalue weighted by molar-refractivity contribution is 0.108. The maximum Gasteiger partial charge on any atom is 0.319 e. The maximum absolute atomic E-state index is 15.1. The fraction of sp³-hybridized carbons (Fsp3) is 0.609. The van der Waals surface area contributed by atoms with Gasteiger partial charge in [-0.1, -0.05) is 0 Å². The Morgan fingerprint density at radius 2 is 2.24 bits per heavy atom. The zero-order valence-corrected chi connectivity index (χ0v) is 18.6. The third-order valence-corrected chi connectivity index (χ3v) is 7.50. The molecule has 6 rings (SSSR count). The van der Waals surface area contributed by atoms with Crippen LogP contribution in [0.2, 0.25) is 0 Å². The Labute approximate surface area is 191 Å². The highest BCUT2D eigenvalue weighted by molar-refractivity contribution is 5.90.